The van der Waals surface area contributed by atoms with Crippen molar-refractivity contribution in [3.63, 3.8) is 0 Å². The van der Waals surface area contributed by atoms with Crippen LogP contribution in [0.2, 0.25) is 5.15 Å². The van der Waals surface area contributed by atoms with Crippen LogP contribution in [0.1, 0.15) is 41.7 Å². The number of aryl methyl sites for hydroxylation is 2. The molecule has 0 aliphatic heterocycles. The summed E-state index contributed by atoms with van der Waals surface area (Å²) in [6.07, 6.45) is 3.70. The molecule has 0 saturated heterocycles. The molecule has 1 amide bonds. The van der Waals surface area contributed by atoms with E-state index < -0.39 is 0 Å². The highest BCUT2D eigenvalue weighted by atomic mass is 35.5. The third-order valence-electron chi connectivity index (χ3n) is 4.09. The average Bonchev–Trinajstić information content (AvgIpc) is 2.65. The molecule has 1 aromatic heterocycles. The topological polar surface area (TPSA) is 58.4 Å². The Labute approximate surface area is 124 Å². The largest absolute Gasteiger partial charge is 0.393 e. The van der Waals surface area contributed by atoms with Gasteiger partial charge in [-0.25, -0.2) is 0 Å². The highest BCUT2D eigenvalue weighted by Crippen LogP contribution is 2.26. The smallest absolute Gasteiger partial charge is 0.258 e. The van der Waals surface area contributed by atoms with E-state index in [4.69, 9.17) is 11.6 Å². The lowest BCUT2D eigenvalue weighted by Crippen LogP contribution is -2.38. The minimum absolute atomic E-state index is 0.127. The average molecular weight is 300 g/mol. The summed E-state index contributed by atoms with van der Waals surface area (Å²) in [5.41, 5.74) is 1.10. The van der Waals surface area contributed by atoms with Crippen LogP contribution in [0.15, 0.2) is 0 Å². The van der Waals surface area contributed by atoms with Crippen molar-refractivity contribution in [3.05, 3.63) is 16.4 Å². The number of carbonyl (C=O) groups excluding carboxylic acids is 1. The summed E-state index contributed by atoms with van der Waals surface area (Å²) in [4.78, 5) is 14.1. The molecule has 112 valence electrons. The van der Waals surface area contributed by atoms with E-state index in [2.05, 4.69) is 5.10 Å². The fraction of sp³-hybridized carbons (Fsp3) is 0.714. The van der Waals surface area contributed by atoms with Gasteiger partial charge in [0, 0.05) is 26.6 Å². The Morgan fingerprint density at radius 3 is 2.70 bits per heavy atom. The monoisotopic (exact) mass is 299 g/mol. The molecule has 0 spiro atoms. The van der Waals surface area contributed by atoms with Crippen molar-refractivity contribution in [1.82, 2.24) is 14.7 Å². The molecule has 5 nitrogen and oxygen atoms in total. The zero-order chi connectivity index (χ0) is 14.9. The predicted molar refractivity (Wildman–Crippen MR) is 77.9 cm³/mol. The van der Waals surface area contributed by atoms with Gasteiger partial charge >= 0.3 is 0 Å². The summed E-state index contributed by atoms with van der Waals surface area (Å²) in [5, 5.41) is 14.5. The Hall–Kier alpha value is -1.07. The van der Waals surface area contributed by atoms with Crippen LogP contribution in [-0.2, 0) is 7.05 Å². The van der Waals surface area contributed by atoms with E-state index >= 15 is 0 Å². The number of carbonyl (C=O) groups is 1. The number of aliphatic hydroxyl groups is 1. The second kappa shape index (κ2) is 6.14. The fourth-order valence-corrected chi connectivity index (χ4v) is 3.15. The molecule has 1 aliphatic rings. The normalized spacial score (nSPS) is 22.9. The van der Waals surface area contributed by atoms with Gasteiger partial charge in [-0.05, 0) is 19.8 Å². The molecule has 0 bridgehead atoms. The molecule has 20 heavy (non-hydrogen) atoms. The zero-order valence-electron chi connectivity index (χ0n) is 12.3. The fourth-order valence-electron chi connectivity index (χ4n) is 2.90. The maximum atomic E-state index is 12.5. The molecule has 0 aromatic carbocycles. The van der Waals surface area contributed by atoms with Crippen molar-refractivity contribution in [2.75, 3.05) is 13.6 Å². The van der Waals surface area contributed by atoms with Gasteiger partial charge in [0.15, 0.2) is 0 Å². The third kappa shape index (κ3) is 2.99. The van der Waals surface area contributed by atoms with Gasteiger partial charge in [0.1, 0.15) is 5.15 Å². The number of halogens is 1. The Kier molecular flexibility index (Phi) is 4.70. The number of nitrogens with zero attached hydrogens (tertiary/aromatic N) is 3. The first-order valence-corrected chi connectivity index (χ1v) is 7.42. The molecular formula is C14H22ClN3O2. The van der Waals surface area contributed by atoms with Crippen molar-refractivity contribution in [3.8, 4) is 0 Å². The Bertz CT molecular complexity index is 501. The number of rotatable bonds is 3. The Morgan fingerprint density at radius 1 is 1.50 bits per heavy atom. The third-order valence-corrected chi connectivity index (χ3v) is 4.52. The van der Waals surface area contributed by atoms with Gasteiger partial charge in [0.25, 0.3) is 5.91 Å². The first-order chi connectivity index (χ1) is 9.41. The van der Waals surface area contributed by atoms with Gasteiger partial charge in [-0.2, -0.15) is 5.10 Å². The second-order valence-corrected chi connectivity index (χ2v) is 6.03. The Balaban J connectivity index is 2.08. The molecule has 1 aromatic rings. The van der Waals surface area contributed by atoms with Crippen LogP contribution < -0.4 is 0 Å². The second-order valence-electron chi connectivity index (χ2n) is 5.67. The summed E-state index contributed by atoms with van der Waals surface area (Å²) in [6.45, 7) is 2.34. The molecule has 1 aliphatic carbocycles. The summed E-state index contributed by atoms with van der Waals surface area (Å²) in [7, 11) is 3.48. The van der Waals surface area contributed by atoms with Gasteiger partial charge < -0.3 is 10.0 Å². The van der Waals surface area contributed by atoms with E-state index in [0.29, 0.717) is 23.0 Å². The number of hydrogen-bond donors (Lipinski definition) is 1. The summed E-state index contributed by atoms with van der Waals surface area (Å²) in [5.74, 6) is 0.0341. The van der Waals surface area contributed by atoms with Crippen molar-refractivity contribution < 1.29 is 9.90 Å². The molecule has 1 fully saturated rings. The summed E-state index contributed by atoms with van der Waals surface area (Å²) < 4.78 is 1.51. The van der Waals surface area contributed by atoms with E-state index in [1.165, 1.54) is 4.68 Å². The maximum absolute atomic E-state index is 12.5. The van der Waals surface area contributed by atoms with Crippen LogP contribution in [0, 0.1) is 12.8 Å². The molecule has 6 heteroatoms. The van der Waals surface area contributed by atoms with Crippen molar-refractivity contribution >= 4 is 17.5 Å². The first-order valence-electron chi connectivity index (χ1n) is 7.04. The summed E-state index contributed by atoms with van der Waals surface area (Å²) in [6, 6.07) is 0. The van der Waals surface area contributed by atoms with Gasteiger partial charge in [-0.3, -0.25) is 9.48 Å². The van der Waals surface area contributed by atoms with Crippen LogP contribution in [0.5, 0.6) is 0 Å². The van der Waals surface area contributed by atoms with Crippen LogP contribution in [0.4, 0.5) is 0 Å². The highest BCUT2D eigenvalue weighted by Gasteiger charge is 2.28. The van der Waals surface area contributed by atoms with E-state index in [9.17, 15) is 9.90 Å². The van der Waals surface area contributed by atoms with E-state index in [0.717, 1.165) is 25.7 Å². The number of hydrogen-bond acceptors (Lipinski definition) is 3. The van der Waals surface area contributed by atoms with Gasteiger partial charge in [-0.1, -0.05) is 24.4 Å². The molecule has 1 saturated carbocycles. The van der Waals surface area contributed by atoms with Crippen LogP contribution in [-0.4, -0.2) is 45.4 Å². The lowest BCUT2D eigenvalue weighted by atomic mass is 9.86. The lowest BCUT2D eigenvalue weighted by Gasteiger charge is -2.31. The van der Waals surface area contributed by atoms with Crippen molar-refractivity contribution in [1.29, 1.82) is 0 Å². The lowest BCUT2D eigenvalue weighted by molar-refractivity contribution is 0.0451. The van der Waals surface area contributed by atoms with Gasteiger partial charge in [0.05, 0.1) is 17.4 Å². The minimum Gasteiger partial charge on any atom is -0.393 e. The minimum atomic E-state index is -0.301. The Morgan fingerprint density at radius 2 is 2.15 bits per heavy atom. The van der Waals surface area contributed by atoms with Gasteiger partial charge in [-0.15, -0.1) is 0 Å². The maximum Gasteiger partial charge on any atom is 0.258 e. The molecule has 2 unspecified atom stereocenters. The zero-order valence-corrected chi connectivity index (χ0v) is 13.0. The predicted octanol–water partition coefficient (Wildman–Crippen LogP) is 2.01. The van der Waals surface area contributed by atoms with Crippen molar-refractivity contribution in [2.24, 2.45) is 13.0 Å². The molecular weight excluding hydrogens is 278 g/mol. The standard InChI is InChI=1S/C14H22ClN3O2/c1-9-12(13(15)18(3)16-9)14(20)17(2)8-10-6-4-5-7-11(10)19/h10-11,19H,4-8H2,1-3H3. The van der Waals surface area contributed by atoms with Crippen LogP contribution in [0.25, 0.3) is 0 Å². The van der Waals surface area contributed by atoms with E-state index in [1.807, 2.05) is 0 Å². The van der Waals surface area contributed by atoms with E-state index in [-0.39, 0.29) is 17.9 Å². The van der Waals surface area contributed by atoms with Crippen LogP contribution >= 0.6 is 11.6 Å². The van der Waals surface area contributed by atoms with Crippen molar-refractivity contribution in [2.45, 2.75) is 38.7 Å². The van der Waals surface area contributed by atoms with Gasteiger partial charge in [0.2, 0.25) is 0 Å². The SMILES string of the molecule is Cc1nn(C)c(Cl)c1C(=O)N(C)CC1CCCCC1O. The number of aliphatic hydroxyl groups excluding tert-OH is 1. The quantitative estimate of drug-likeness (QED) is 0.929. The molecule has 2 rings (SSSR count). The highest BCUT2D eigenvalue weighted by molar-refractivity contribution is 6.33. The first kappa shape index (κ1) is 15.3. The molecule has 1 N–H and O–H groups in total. The summed E-state index contributed by atoms with van der Waals surface area (Å²) >= 11 is 6.13. The number of aromatic nitrogens is 2. The van der Waals surface area contributed by atoms with E-state index in [1.54, 1.807) is 25.9 Å². The number of amides is 1. The molecule has 1 heterocycles. The molecule has 2 atom stereocenters. The molecule has 0 radical (unpaired) electrons. The van der Waals surface area contributed by atoms with Crippen LogP contribution in [0.3, 0.4) is 0 Å².